The Bertz CT molecular complexity index is 1450. The van der Waals surface area contributed by atoms with Crippen molar-refractivity contribution in [2.75, 3.05) is 30.8 Å². The highest BCUT2D eigenvalue weighted by molar-refractivity contribution is 7.92. The molecule has 0 saturated carbocycles. The standard InChI is InChI=1S/C32H39Cl2N3O5S/c1-4-5-19-35-32(39)30(21-24-10-7-6-8-11-24)36(23-25-13-14-26(33)22-29(25)34)31(38)12-9-20-37(43(3,40)41)27-15-17-28(42-2)18-16-27/h6-8,10-11,13-18,22,30H,4-5,9,12,19-21,23H2,1-3H3,(H,35,39)/t30-/m1/s1. The van der Waals surface area contributed by atoms with Crippen LogP contribution in [0.5, 0.6) is 5.75 Å². The summed E-state index contributed by atoms with van der Waals surface area (Å²) in [6, 6.07) is 20.4. The fourth-order valence-corrected chi connectivity index (χ4v) is 6.08. The average Bonchev–Trinajstić information content (AvgIpc) is 2.98. The largest absolute Gasteiger partial charge is 0.497 e. The molecule has 0 heterocycles. The summed E-state index contributed by atoms with van der Waals surface area (Å²) in [5.41, 5.74) is 2.02. The van der Waals surface area contributed by atoms with Gasteiger partial charge in [0.1, 0.15) is 11.8 Å². The second kappa shape index (κ2) is 16.5. The van der Waals surface area contributed by atoms with Crippen LogP contribution in [0.1, 0.15) is 43.7 Å². The maximum Gasteiger partial charge on any atom is 0.243 e. The quantitative estimate of drug-likeness (QED) is 0.189. The van der Waals surface area contributed by atoms with Gasteiger partial charge in [-0.25, -0.2) is 8.42 Å². The first-order chi connectivity index (χ1) is 20.5. The second-order valence-corrected chi connectivity index (χ2v) is 13.0. The molecule has 0 unspecified atom stereocenters. The van der Waals surface area contributed by atoms with Gasteiger partial charge < -0.3 is 15.0 Å². The van der Waals surface area contributed by atoms with E-state index in [9.17, 15) is 18.0 Å². The third kappa shape index (κ3) is 10.4. The van der Waals surface area contributed by atoms with E-state index >= 15 is 0 Å². The number of halogens is 2. The smallest absolute Gasteiger partial charge is 0.243 e. The number of carbonyl (C=O) groups is 2. The number of carbonyl (C=O) groups excluding carboxylic acids is 2. The second-order valence-electron chi connectivity index (χ2n) is 10.2. The van der Waals surface area contributed by atoms with Crippen LogP contribution < -0.4 is 14.4 Å². The molecule has 0 radical (unpaired) electrons. The lowest BCUT2D eigenvalue weighted by atomic mass is 10.0. The van der Waals surface area contributed by atoms with Crippen molar-refractivity contribution >= 4 is 50.7 Å². The van der Waals surface area contributed by atoms with Crippen molar-refractivity contribution in [1.29, 1.82) is 0 Å². The lowest BCUT2D eigenvalue weighted by Gasteiger charge is -2.32. The Morgan fingerprint density at radius 2 is 1.67 bits per heavy atom. The molecule has 3 aromatic carbocycles. The van der Waals surface area contributed by atoms with Crippen LogP contribution in [0.3, 0.4) is 0 Å². The van der Waals surface area contributed by atoms with E-state index in [1.165, 1.54) is 11.4 Å². The van der Waals surface area contributed by atoms with E-state index in [2.05, 4.69) is 5.32 Å². The highest BCUT2D eigenvalue weighted by Gasteiger charge is 2.31. The molecule has 0 bridgehead atoms. The van der Waals surface area contributed by atoms with Gasteiger partial charge in [-0.05, 0) is 60.4 Å². The molecule has 3 aromatic rings. The van der Waals surface area contributed by atoms with Gasteiger partial charge in [0.25, 0.3) is 0 Å². The highest BCUT2D eigenvalue weighted by Crippen LogP contribution is 2.26. The Balaban J connectivity index is 1.89. The molecule has 0 aliphatic heterocycles. The number of anilines is 1. The summed E-state index contributed by atoms with van der Waals surface area (Å²) < 4.78 is 31.7. The highest BCUT2D eigenvalue weighted by atomic mass is 35.5. The number of rotatable bonds is 16. The Kier molecular flexibility index (Phi) is 13.2. The summed E-state index contributed by atoms with van der Waals surface area (Å²) in [7, 11) is -2.09. The van der Waals surface area contributed by atoms with Gasteiger partial charge in [0, 0.05) is 42.5 Å². The van der Waals surface area contributed by atoms with Crippen LogP contribution in [0, 0.1) is 0 Å². The topological polar surface area (TPSA) is 96.0 Å². The maximum absolute atomic E-state index is 13.9. The predicted molar refractivity (Wildman–Crippen MR) is 173 cm³/mol. The average molecular weight is 649 g/mol. The molecule has 0 aliphatic rings. The number of nitrogens with zero attached hydrogens (tertiary/aromatic N) is 2. The van der Waals surface area contributed by atoms with Crippen molar-refractivity contribution in [1.82, 2.24) is 10.2 Å². The first kappa shape index (κ1) is 34.2. The van der Waals surface area contributed by atoms with Gasteiger partial charge >= 0.3 is 0 Å². The number of hydrogen-bond donors (Lipinski definition) is 1. The molecule has 0 spiro atoms. The van der Waals surface area contributed by atoms with E-state index in [1.807, 2.05) is 37.3 Å². The Morgan fingerprint density at radius 3 is 2.28 bits per heavy atom. The van der Waals surface area contributed by atoms with Crippen LogP contribution >= 0.6 is 23.2 Å². The molecule has 43 heavy (non-hydrogen) atoms. The zero-order valence-electron chi connectivity index (χ0n) is 24.8. The molecular weight excluding hydrogens is 609 g/mol. The van der Waals surface area contributed by atoms with E-state index in [4.69, 9.17) is 27.9 Å². The minimum atomic E-state index is -3.62. The zero-order chi connectivity index (χ0) is 31.4. The Hall–Kier alpha value is -3.27. The van der Waals surface area contributed by atoms with Crippen LogP contribution in [0.15, 0.2) is 72.8 Å². The summed E-state index contributed by atoms with van der Waals surface area (Å²) in [5, 5.41) is 3.84. The molecule has 232 valence electrons. The minimum absolute atomic E-state index is 0.0148. The van der Waals surface area contributed by atoms with Crippen molar-refractivity contribution < 1.29 is 22.7 Å². The van der Waals surface area contributed by atoms with Crippen LogP contribution in [0.4, 0.5) is 5.69 Å². The SMILES string of the molecule is CCCCNC(=O)[C@@H](Cc1ccccc1)N(Cc1ccc(Cl)cc1Cl)C(=O)CCCN(c1ccc(OC)cc1)S(C)(=O)=O. The summed E-state index contributed by atoms with van der Waals surface area (Å²) in [6.45, 7) is 2.70. The third-order valence-corrected chi connectivity index (χ3v) is 8.75. The van der Waals surface area contributed by atoms with Crippen molar-refractivity contribution in [2.45, 2.75) is 51.6 Å². The third-order valence-electron chi connectivity index (χ3n) is 6.97. The summed E-state index contributed by atoms with van der Waals surface area (Å²) in [5.74, 6) is 0.0538. The number of nitrogens with one attached hydrogen (secondary N) is 1. The van der Waals surface area contributed by atoms with E-state index in [0.717, 1.165) is 24.7 Å². The monoisotopic (exact) mass is 647 g/mol. The van der Waals surface area contributed by atoms with Gasteiger partial charge in [-0.3, -0.25) is 13.9 Å². The maximum atomic E-state index is 13.9. The van der Waals surface area contributed by atoms with Crippen molar-refractivity contribution in [3.05, 3.63) is 94.0 Å². The molecule has 2 amide bonds. The van der Waals surface area contributed by atoms with Crippen molar-refractivity contribution in [2.24, 2.45) is 0 Å². The normalized spacial score (nSPS) is 11.9. The predicted octanol–water partition coefficient (Wildman–Crippen LogP) is 6.10. The van der Waals surface area contributed by atoms with Crippen molar-refractivity contribution in [3.63, 3.8) is 0 Å². The van der Waals surface area contributed by atoms with Gasteiger partial charge in [0.2, 0.25) is 21.8 Å². The zero-order valence-corrected chi connectivity index (χ0v) is 27.1. The minimum Gasteiger partial charge on any atom is -0.497 e. The molecule has 1 atom stereocenters. The number of methoxy groups -OCH3 is 1. The van der Waals surface area contributed by atoms with E-state index < -0.39 is 16.1 Å². The van der Waals surface area contributed by atoms with Gasteiger partial charge in [-0.1, -0.05) is 72.9 Å². The fraction of sp³-hybridized carbons (Fsp3) is 0.375. The van der Waals surface area contributed by atoms with Crippen molar-refractivity contribution in [3.8, 4) is 5.75 Å². The molecule has 0 aromatic heterocycles. The van der Waals surface area contributed by atoms with E-state index in [1.54, 1.807) is 47.4 Å². The summed E-state index contributed by atoms with van der Waals surface area (Å²) >= 11 is 12.6. The van der Waals surface area contributed by atoms with Gasteiger partial charge in [-0.15, -0.1) is 0 Å². The lowest BCUT2D eigenvalue weighted by molar-refractivity contribution is -0.141. The first-order valence-electron chi connectivity index (χ1n) is 14.2. The first-order valence-corrected chi connectivity index (χ1v) is 16.8. The number of sulfonamides is 1. The van der Waals surface area contributed by atoms with Crippen LogP contribution in [-0.2, 0) is 32.6 Å². The number of unbranched alkanes of at least 4 members (excludes halogenated alkanes) is 1. The van der Waals surface area contributed by atoms with Crippen LogP contribution in [-0.4, -0.2) is 57.6 Å². The van der Waals surface area contributed by atoms with Crippen LogP contribution in [0.2, 0.25) is 10.0 Å². The number of amides is 2. The molecule has 0 fully saturated rings. The summed E-state index contributed by atoms with van der Waals surface area (Å²) in [4.78, 5) is 29.1. The molecule has 1 N–H and O–H groups in total. The van der Waals surface area contributed by atoms with E-state index in [0.29, 0.717) is 40.0 Å². The van der Waals surface area contributed by atoms with Gasteiger partial charge in [-0.2, -0.15) is 0 Å². The number of ether oxygens (including phenoxy) is 1. The van der Waals surface area contributed by atoms with Gasteiger partial charge in [0.05, 0.1) is 19.1 Å². The van der Waals surface area contributed by atoms with Gasteiger partial charge in [0.15, 0.2) is 0 Å². The van der Waals surface area contributed by atoms with Crippen LogP contribution in [0.25, 0.3) is 0 Å². The van der Waals surface area contributed by atoms with E-state index in [-0.39, 0.29) is 37.7 Å². The molecule has 0 aliphatic carbocycles. The summed E-state index contributed by atoms with van der Waals surface area (Å²) in [6.07, 6.45) is 3.41. The molecule has 8 nitrogen and oxygen atoms in total. The number of benzene rings is 3. The molecule has 0 saturated heterocycles. The Morgan fingerprint density at radius 1 is 0.977 bits per heavy atom. The Labute approximate surface area is 265 Å². The number of hydrogen-bond acceptors (Lipinski definition) is 5. The molecule has 11 heteroatoms. The lowest BCUT2D eigenvalue weighted by Crippen LogP contribution is -2.50. The molecular formula is C32H39Cl2N3O5S. The molecule has 3 rings (SSSR count). The fourth-order valence-electron chi connectivity index (χ4n) is 4.65.